The van der Waals surface area contributed by atoms with Crippen molar-refractivity contribution in [2.75, 3.05) is 7.11 Å². The number of hydrogen-bond acceptors (Lipinski definition) is 7. The van der Waals surface area contributed by atoms with Crippen molar-refractivity contribution in [3.63, 3.8) is 0 Å². The number of fused-ring (bicyclic) bond motifs is 2. The summed E-state index contributed by atoms with van der Waals surface area (Å²) in [7, 11) is 1.28. The molecule has 0 amide bonds. The lowest BCUT2D eigenvalue weighted by atomic mass is 10.2. The summed E-state index contributed by atoms with van der Waals surface area (Å²) in [5.41, 5.74) is 0.873. The second-order valence-corrected chi connectivity index (χ2v) is 6.77. The van der Waals surface area contributed by atoms with Crippen LogP contribution in [0.25, 0.3) is 27.4 Å². The number of furan rings is 1. The molecule has 2 aromatic heterocycles. The molecule has 1 aromatic carbocycles. The smallest absolute Gasteiger partial charge is 0.358 e. The summed E-state index contributed by atoms with van der Waals surface area (Å²) in [6, 6.07) is 11.7. The minimum absolute atomic E-state index is 0.0583. The first-order chi connectivity index (χ1) is 11.2. The first-order valence-corrected chi connectivity index (χ1v) is 8.38. The molecule has 0 saturated heterocycles. The van der Waals surface area contributed by atoms with Gasteiger partial charge in [0.25, 0.3) is 0 Å². The average molecular weight is 345 g/mol. The van der Waals surface area contributed by atoms with E-state index in [1.165, 1.54) is 30.4 Å². The number of ether oxygens (including phenoxy) is 1. The number of carbonyl (C=O) groups excluding carboxylic acids is 1. The van der Waals surface area contributed by atoms with E-state index >= 15 is 0 Å². The molecule has 23 heavy (non-hydrogen) atoms. The van der Waals surface area contributed by atoms with E-state index in [2.05, 4.69) is 9.46 Å². The van der Waals surface area contributed by atoms with Gasteiger partial charge < -0.3 is 19.0 Å². The summed E-state index contributed by atoms with van der Waals surface area (Å²) in [4.78, 5) is 14.0. The van der Waals surface area contributed by atoms with Crippen molar-refractivity contribution in [2.24, 2.45) is 0 Å². The number of carbonyl (C=O) groups is 1. The van der Waals surface area contributed by atoms with E-state index < -0.39 is 5.97 Å². The number of hydrogen-bond donors (Lipinski definition) is 2. The molecule has 0 unspecified atom stereocenters. The second-order valence-electron chi connectivity index (χ2n) is 4.87. The van der Waals surface area contributed by atoms with Gasteiger partial charge in [-0.3, -0.25) is 0 Å². The zero-order valence-electron chi connectivity index (χ0n) is 12.0. The van der Waals surface area contributed by atoms with Gasteiger partial charge in [-0.15, -0.1) is 11.3 Å². The van der Waals surface area contributed by atoms with E-state index in [0.29, 0.717) is 4.88 Å². The molecular weight excluding hydrogens is 334 g/mol. The molecule has 0 spiro atoms. The lowest BCUT2D eigenvalue weighted by Gasteiger charge is -2.15. The molecule has 0 bridgehead atoms. The van der Waals surface area contributed by atoms with Crippen LogP contribution in [0.5, 0.6) is 0 Å². The second kappa shape index (κ2) is 5.36. The number of para-hydroxylation sites is 1. The summed E-state index contributed by atoms with van der Waals surface area (Å²) in [5, 5.41) is 11.3. The van der Waals surface area contributed by atoms with Gasteiger partial charge in [0.1, 0.15) is 11.3 Å². The van der Waals surface area contributed by atoms with Crippen LogP contribution in [-0.2, 0) is 9.53 Å². The number of benzene rings is 1. The van der Waals surface area contributed by atoms with Crippen LogP contribution in [-0.4, -0.2) is 18.2 Å². The summed E-state index contributed by atoms with van der Waals surface area (Å²) in [5.74, 6) is 0.0379. The van der Waals surface area contributed by atoms with Crippen LogP contribution in [0.1, 0.15) is 4.88 Å². The molecule has 3 aromatic rings. The fourth-order valence-corrected chi connectivity index (χ4v) is 4.39. The molecule has 3 heterocycles. The van der Waals surface area contributed by atoms with E-state index in [-0.39, 0.29) is 11.5 Å². The van der Waals surface area contributed by atoms with Crippen LogP contribution in [0.3, 0.4) is 0 Å². The number of aliphatic hydroxyl groups is 1. The third-order valence-corrected chi connectivity index (χ3v) is 5.60. The van der Waals surface area contributed by atoms with Gasteiger partial charge in [-0.1, -0.05) is 18.2 Å². The van der Waals surface area contributed by atoms with E-state index in [4.69, 9.17) is 4.42 Å². The summed E-state index contributed by atoms with van der Waals surface area (Å²) in [6.07, 6.45) is 0. The van der Waals surface area contributed by atoms with Crippen molar-refractivity contribution in [3.8, 4) is 10.6 Å². The molecule has 116 valence electrons. The SMILES string of the molecule is COC(=O)C1=C(O)c2sc(-c3cc4ccccc4o3)cc2SN1. The Labute approximate surface area is 139 Å². The lowest BCUT2D eigenvalue weighted by molar-refractivity contribution is -0.136. The average Bonchev–Trinajstić information content (AvgIpc) is 3.18. The Morgan fingerprint density at radius 2 is 2.13 bits per heavy atom. The number of esters is 1. The van der Waals surface area contributed by atoms with E-state index in [1.54, 1.807) is 0 Å². The topological polar surface area (TPSA) is 71.7 Å². The first-order valence-electron chi connectivity index (χ1n) is 6.75. The van der Waals surface area contributed by atoms with Gasteiger partial charge in [-0.25, -0.2) is 4.79 Å². The van der Waals surface area contributed by atoms with Gasteiger partial charge in [0.2, 0.25) is 0 Å². The Balaban J connectivity index is 1.80. The Morgan fingerprint density at radius 3 is 2.91 bits per heavy atom. The minimum atomic E-state index is -0.598. The van der Waals surface area contributed by atoms with E-state index in [9.17, 15) is 9.90 Å². The maximum absolute atomic E-state index is 11.7. The van der Waals surface area contributed by atoms with Gasteiger partial charge in [0.05, 0.1) is 21.8 Å². The van der Waals surface area contributed by atoms with Gasteiger partial charge >= 0.3 is 5.97 Å². The quantitative estimate of drug-likeness (QED) is 0.536. The Hall–Kier alpha value is -2.38. The molecule has 1 aliphatic heterocycles. The summed E-state index contributed by atoms with van der Waals surface area (Å²) < 4.78 is 13.3. The Morgan fingerprint density at radius 1 is 1.30 bits per heavy atom. The van der Waals surface area contributed by atoms with Crippen molar-refractivity contribution in [3.05, 3.63) is 47.0 Å². The van der Waals surface area contributed by atoms with Gasteiger partial charge in [0, 0.05) is 5.39 Å². The van der Waals surface area contributed by atoms with Crippen LogP contribution < -0.4 is 4.72 Å². The maximum atomic E-state index is 11.7. The molecular formula is C16H11NO4S2. The number of methoxy groups -OCH3 is 1. The zero-order chi connectivity index (χ0) is 16.0. The third kappa shape index (κ3) is 2.29. The van der Waals surface area contributed by atoms with Crippen LogP contribution in [0, 0.1) is 0 Å². The van der Waals surface area contributed by atoms with E-state index in [0.717, 1.165) is 26.5 Å². The predicted octanol–water partition coefficient (Wildman–Crippen LogP) is 4.17. The zero-order valence-corrected chi connectivity index (χ0v) is 13.6. The van der Waals surface area contributed by atoms with Crippen LogP contribution in [0.2, 0.25) is 0 Å². The minimum Gasteiger partial charge on any atom is -0.504 e. The van der Waals surface area contributed by atoms with Crippen molar-refractivity contribution >= 4 is 46.0 Å². The Bertz CT molecular complexity index is 921. The van der Waals surface area contributed by atoms with Crippen LogP contribution in [0.4, 0.5) is 0 Å². The van der Waals surface area contributed by atoms with Crippen LogP contribution >= 0.6 is 23.3 Å². The lowest BCUT2D eigenvalue weighted by Crippen LogP contribution is -2.20. The number of aliphatic hydroxyl groups excluding tert-OH is 1. The first kappa shape index (κ1) is 14.2. The highest BCUT2D eigenvalue weighted by molar-refractivity contribution is 7.97. The molecule has 1 aliphatic rings. The van der Waals surface area contributed by atoms with Crippen molar-refractivity contribution < 1.29 is 19.1 Å². The predicted molar refractivity (Wildman–Crippen MR) is 90.1 cm³/mol. The summed E-state index contributed by atoms with van der Waals surface area (Å²) in [6.45, 7) is 0. The number of rotatable bonds is 2. The molecule has 0 aliphatic carbocycles. The fraction of sp³-hybridized carbons (Fsp3) is 0.0625. The molecule has 2 N–H and O–H groups in total. The number of thiophene rings is 1. The van der Waals surface area contributed by atoms with Crippen molar-refractivity contribution in [1.82, 2.24) is 4.72 Å². The highest BCUT2D eigenvalue weighted by Gasteiger charge is 2.27. The molecule has 0 atom stereocenters. The van der Waals surface area contributed by atoms with Crippen molar-refractivity contribution in [2.45, 2.75) is 4.90 Å². The monoisotopic (exact) mass is 345 g/mol. The molecule has 0 radical (unpaired) electrons. The normalized spacial score (nSPS) is 13.8. The highest BCUT2D eigenvalue weighted by atomic mass is 32.2. The highest BCUT2D eigenvalue weighted by Crippen LogP contribution is 2.43. The molecule has 0 fully saturated rings. The van der Waals surface area contributed by atoms with E-state index in [1.807, 2.05) is 36.4 Å². The third-order valence-electron chi connectivity index (χ3n) is 3.47. The molecule has 5 nitrogen and oxygen atoms in total. The number of nitrogens with one attached hydrogen (secondary N) is 1. The maximum Gasteiger partial charge on any atom is 0.358 e. The van der Waals surface area contributed by atoms with Gasteiger partial charge in [-0.05, 0) is 30.1 Å². The van der Waals surface area contributed by atoms with Gasteiger partial charge in [0.15, 0.2) is 11.5 Å². The van der Waals surface area contributed by atoms with Gasteiger partial charge in [-0.2, -0.15) is 0 Å². The van der Waals surface area contributed by atoms with Crippen LogP contribution in [0.15, 0.2) is 51.4 Å². The largest absolute Gasteiger partial charge is 0.504 e. The molecule has 0 saturated carbocycles. The standard InChI is InChI=1S/C16H11NO4S2/c1-20-16(19)13-14(18)15-12(23-17-13)7-11(22-15)10-6-8-4-2-3-5-9(8)21-10/h2-7,17-18H,1H3. The fourth-order valence-electron chi connectivity index (χ4n) is 2.35. The molecule has 4 rings (SSSR count). The molecule has 7 heteroatoms. The van der Waals surface area contributed by atoms with Crippen molar-refractivity contribution in [1.29, 1.82) is 0 Å². The summed E-state index contributed by atoms with van der Waals surface area (Å²) >= 11 is 2.64. The Kier molecular flexibility index (Phi) is 3.32.